The highest BCUT2D eigenvalue weighted by Crippen LogP contribution is 2.44. The number of carbonyl (C=O) groups is 2. The summed E-state index contributed by atoms with van der Waals surface area (Å²) in [6.07, 6.45) is 0. The van der Waals surface area contributed by atoms with Crippen LogP contribution in [0.5, 0.6) is 17.2 Å². The van der Waals surface area contributed by atoms with E-state index in [-0.39, 0.29) is 23.4 Å². The number of aliphatic hydroxyl groups excluding tert-OH is 1. The van der Waals surface area contributed by atoms with Crippen LogP contribution in [0.1, 0.15) is 22.0 Å². The number of methoxy groups -OCH3 is 3. The highest BCUT2D eigenvalue weighted by Gasteiger charge is 2.47. The Labute approximate surface area is 195 Å². The number of aliphatic hydroxyl groups is 1. The van der Waals surface area contributed by atoms with Crippen LogP contribution < -0.4 is 14.2 Å². The number of thiophene rings is 1. The zero-order chi connectivity index (χ0) is 23.5. The van der Waals surface area contributed by atoms with Gasteiger partial charge in [0.25, 0.3) is 11.7 Å². The van der Waals surface area contributed by atoms with Gasteiger partial charge >= 0.3 is 0 Å². The lowest BCUT2D eigenvalue weighted by atomic mass is 9.98. The minimum atomic E-state index is -0.757. The van der Waals surface area contributed by atoms with Crippen LogP contribution in [0, 0.1) is 0 Å². The van der Waals surface area contributed by atoms with Gasteiger partial charge in [-0.25, -0.2) is 0 Å². The fourth-order valence-corrected chi connectivity index (χ4v) is 4.78. The maximum atomic E-state index is 13.2. The number of hydrogen-bond donors (Lipinski definition) is 1. The Balaban J connectivity index is 1.86. The minimum Gasteiger partial charge on any atom is -0.506 e. The number of ketones is 1. The molecule has 1 fully saturated rings. The van der Waals surface area contributed by atoms with Gasteiger partial charge in [-0.15, -0.1) is 11.3 Å². The van der Waals surface area contributed by atoms with Crippen molar-refractivity contribution in [1.29, 1.82) is 0 Å². The molecule has 0 aliphatic carbocycles. The lowest BCUT2D eigenvalue weighted by Gasteiger charge is -2.24. The zero-order valence-corrected chi connectivity index (χ0v) is 19.2. The van der Waals surface area contributed by atoms with Gasteiger partial charge in [-0.05, 0) is 41.3 Å². The molecule has 33 heavy (non-hydrogen) atoms. The number of amides is 1. The smallest absolute Gasteiger partial charge is 0.295 e. The third-order valence-corrected chi connectivity index (χ3v) is 6.45. The van der Waals surface area contributed by atoms with Crippen molar-refractivity contribution in [1.82, 2.24) is 4.90 Å². The average Bonchev–Trinajstić information content (AvgIpc) is 3.46. The SMILES string of the molecule is COc1ccc(CN2C(=O)C(=O)/C(=C(/O)c3c(OC)cccc3OC)C2c2cccs2)cc1. The first kappa shape index (κ1) is 22.4. The van der Waals surface area contributed by atoms with E-state index in [4.69, 9.17) is 14.2 Å². The van der Waals surface area contributed by atoms with Crippen molar-refractivity contribution >= 4 is 28.8 Å². The van der Waals surface area contributed by atoms with E-state index in [1.54, 1.807) is 37.4 Å². The first-order chi connectivity index (χ1) is 16.0. The van der Waals surface area contributed by atoms with Crippen LogP contribution in [-0.4, -0.2) is 43.0 Å². The van der Waals surface area contributed by atoms with Crippen molar-refractivity contribution in [2.75, 3.05) is 21.3 Å². The molecule has 1 aliphatic rings. The van der Waals surface area contributed by atoms with Crippen molar-refractivity contribution in [2.24, 2.45) is 0 Å². The number of Topliss-reactive ketones (excluding diaryl/α,β-unsaturated/α-hetero) is 1. The van der Waals surface area contributed by atoms with Gasteiger partial charge in [0.2, 0.25) is 0 Å². The number of nitrogens with zero attached hydrogens (tertiary/aromatic N) is 1. The van der Waals surface area contributed by atoms with E-state index in [2.05, 4.69) is 0 Å². The van der Waals surface area contributed by atoms with Crippen LogP contribution in [0.3, 0.4) is 0 Å². The van der Waals surface area contributed by atoms with Gasteiger partial charge in [0.15, 0.2) is 0 Å². The van der Waals surface area contributed by atoms with Gasteiger partial charge in [-0.2, -0.15) is 0 Å². The molecule has 0 radical (unpaired) electrons. The van der Waals surface area contributed by atoms with Crippen LogP contribution in [-0.2, 0) is 16.1 Å². The summed E-state index contributed by atoms with van der Waals surface area (Å²) in [5, 5.41) is 13.2. The van der Waals surface area contributed by atoms with Crippen LogP contribution in [0.15, 0.2) is 65.6 Å². The van der Waals surface area contributed by atoms with Gasteiger partial charge in [0, 0.05) is 11.4 Å². The molecule has 1 atom stereocenters. The van der Waals surface area contributed by atoms with Gasteiger partial charge in [0.05, 0.1) is 32.9 Å². The summed E-state index contributed by atoms with van der Waals surface area (Å²) in [7, 11) is 4.51. The molecule has 1 amide bonds. The second kappa shape index (κ2) is 9.38. The second-order valence-electron chi connectivity index (χ2n) is 7.33. The van der Waals surface area contributed by atoms with E-state index in [0.29, 0.717) is 17.2 Å². The zero-order valence-electron chi connectivity index (χ0n) is 18.4. The first-order valence-corrected chi connectivity index (χ1v) is 11.0. The topological polar surface area (TPSA) is 85.3 Å². The Morgan fingerprint density at radius 1 is 0.939 bits per heavy atom. The number of ether oxygens (including phenoxy) is 3. The predicted molar refractivity (Wildman–Crippen MR) is 125 cm³/mol. The molecule has 1 aromatic heterocycles. The molecule has 3 aromatic rings. The molecule has 1 N–H and O–H groups in total. The minimum absolute atomic E-state index is 0.00115. The molecule has 7 nitrogen and oxygen atoms in total. The fraction of sp³-hybridized carbons (Fsp3) is 0.200. The van der Waals surface area contributed by atoms with Gasteiger partial charge in [-0.1, -0.05) is 24.3 Å². The van der Waals surface area contributed by atoms with Crippen LogP contribution in [0.25, 0.3) is 5.76 Å². The van der Waals surface area contributed by atoms with E-state index >= 15 is 0 Å². The lowest BCUT2D eigenvalue weighted by Crippen LogP contribution is -2.28. The van der Waals surface area contributed by atoms with Crippen LogP contribution >= 0.6 is 11.3 Å². The Bertz CT molecular complexity index is 1180. The average molecular weight is 466 g/mol. The van der Waals surface area contributed by atoms with Crippen LogP contribution in [0.4, 0.5) is 0 Å². The first-order valence-electron chi connectivity index (χ1n) is 10.2. The standard InChI is InChI=1S/C25H23NO6S/c1-30-16-11-9-15(10-12-16)14-26-22(19-8-5-13-33-19)21(24(28)25(26)29)23(27)20-17(31-2)6-4-7-18(20)32-3/h4-13,22,27H,14H2,1-3H3/b23-21+. The molecule has 1 aliphatic heterocycles. The molecular weight excluding hydrogens is 442 g/mol. The molecule has 0 spiro atoms. The van der Waals surface area contributed by atoms with Crippen molar-refractivity contribution < 1.29 is 28.9 Å². The summed E-state index contributed by atoms with van der Waals surface area (Å²) in [6, 6.07) is 15.2. The van der Waals surface area contributed by atoms with E-state index in [1.165, 1.54) is 30.5 Å². The number of carbonyl (C=O) groups excluding carboxylic acids is 2. The van der Waals surface area contributed by atoms with E-state index < -0.39 is 17.7 Å². The molecule has 1 saturated heterocycles. The van der Waals surface area contributed by atoms with E-state index in [1.807, 2.05) is 29.6 Å². The molecule has 0 bridgehead atoms. The molecule has 1 unspecified atom stereocenters. The van der Waals surface area contributed by atoms with Gasteiger partial charge < -0.3 is 24.2 Å². The third kappa shape index (κ3) is 4.05. The lowest BCUT2D eigenvalue weighted by molar-refractivity contribution is -0.140. The van der Waals surface area contributed by atoms with Gasteiger partial charge in [-0.3, -0.25) is 9.59 Å². The van der Waals surface area contributed by atoms with E-state index in [0.717, 1.165) is 10.4 Å². The molecule has 170 valence electrons. The molecule has 2 heterocycles. The van der Waals surface area contributed by atoms with Crippen molar-refractivity contribution in [3.8, 4) is 17.2 Å². The summed E-state index contributed by atoms with van der Waals surface area (Å²) in [5.41, 5.74) is 1.05. The highest BCUT2D eigenvalue weighted by molar-refractivity contribution is 7.10. The second-order valence-corrected chi connectivity index (χ2v) is 8.31. The summed E-state index contributed by atoms with van der Waals surface area (Å²) in [4.78, 5) is 28.6. The summed E-state index contributed by atoms with van der Waals surface area (Å²) < 4.78 is 16.0. The van der Waals surface area contributed by atoms with Crippen molar-refractivity contribution in [3.05, 3.63) is 81.6 Å². The Morgan fingerprint density at radius 2 is 1.61 bits per heavy atom. The summed E-state index contributed by atoms with van der Waals surface area (Å²) in [5.74, 6) is -0.416. The largest absolute Gasteiger partial charge is 0.506 e. The Morgan fingerprint density at radius 3 is 2.15 bits per heavy atom. The Hall–Kier alpha value is -3.78. The maximum absolute atomic E-state index is 13.2. The molecule has 4 rings (SSSR count). The quantitative estimate of drug-likeness (QED) is 0.316. The molecular formula is C25H23NO6S. The number of likely N-dealkylation sites (tertiary alicyclic amines) is 1. The van der Waals surface area contributed by atoms with Gasteiger partial charge in [0.1, 0.15) is 28.6 Å². The maximum Gasteiger partial charge on any atom is 0.295 e. The fourth-order valence-electron chi connectivity index (χ4n) is 3.93. The molecule has 0 saturated carbocycles. The molecule has 2 aromatic carbocycles. The van der Waals surface area contributed by atoms with Crippen molar-refractivity contribution in [3.63, 3.8) is 0 Å². The van der Waals surface area contributed by atoms with Crippen LogP contribution in [0.2, 0.25) is 0 Å². The number of benzene rings is 2. The monoisotopic (exact) mass is 465 g/mol. The number of hydrogen-bond acceptors (Lipinski definition) is 7. The summed E-state index contributed by atoms with van der Waals surface area (Å²) in [6.45, 7) is 0.191. The predicted octanol–water partition coefficient (Wildman–Crippen LogP) is 4.40. The Kier molecular flexibility index (Phi) is 6.37. The highest BCUT2D eigenvalue weighted by atomic mass is 32.1. The normalized spacial score (nSPS) is 17.3. The molecule has 8 heteroatoms. The van der Waals surface area contributed by atoms with Crippen molar-refractivity contribution in [2.45, 2.75) is 12.6 Å². The summed E-state index contributed by atoms with van der Waals surface area (Å²) >= 11 is 1.41. The third-order valence-electron chi connectivity index (χ3n) is 5.53. The number of rotatable bonds is 7. The van der Waals surface area contributed by atoms with E-state index in [9.17, 15) is 14.7 Å².